The molecule has 1 aromatic carbocycles. The van der Waals surface area contributed by atoms with E-state index in [0.29, 0.717) is 50.0 Å². The molecule has 4 rings (SSSR count). The lowest BCUT2D eigenvalue weighted by Crippen LogP contribution is -2.61. The van der Waals surface area contributed by atoms with Gasteiger partial charge in [-0.05, 0) is 51.0 Å². The third-order valence-corrected chi connectivity index (χ3v) is 7.10. The SMILES string of the molecule is C=CN1/C(=C\C)C2(CCN(C(=O)c3ccc4c(c3)OCCO4)CC2)N(C)C(=C/COC)/C1=C\C.CC. The fourth-order valence-corrected chi connectivity index (χ4v) is 5.38. The van der Waals surface area contributed by atoms with Crippen LogP contribution in [0.5, 0.6) is 11.5 Å². The predicted molar refractivity (Wildman–Crippen MR) is 144 cm³/mol. The molecule has 3 aliphatic rings. The van der Waals surface area contributed by atoms with Crippen LogP contribution >= 0.6 is 0 Å². The van der Waals surface area contributed by atoms with Crippen molar-refractivity contribution < 1.29 is 19.0 Å². The fourth-order valence-electron chi connectivity index (χ4n) is 5.38. The third-order valence-electron chi connectivity index (χ3n) is 7.10. The van der Waals surface area contributed by atoms with Crippen molar-refractivity contribution in [3.05, 3.63) is 71.9 Å². The molecule has 3 aliphatic heterocycles. The standard InChI is InChI=1S/C27H35N3O4.C2H6/c1-6-21-22(11-16-32-5)28(4)27(25(7-2)30(21)8-3)12-14-29(15-13-27)26(31)20-9-10-23-24(19-20)34-18-17-33-23;1-2/h6-11,19H,3,12-18H2,1-2,4-5H3;1-2H3/b21-6+,22-11+,25-7-;. The highest BCUT2D eigenvalue weighted by atomic mass is 16.6. The van der Waals surface area contributed by atoms with Crippen LogP contribution < -0.4 is 9.47 Å². The summed E-state index contributed by atoms with van der Waals surface area (Å²) in [5, 5.41) is 0. The number of amides is 1. The number of methoxy groups -OCH3 is 1. The Kier molecular flexibility index (Phi) is 9.26. The van der Waals surface area contributed by atoms with Crippen molar-refractivity contribution in [3.8, 4) is 11.5 Å². The average molecular weight is 496 g/mol. The van der Waals surface area contributed by atoms with Crippen LogP contribution in [0.15, 0.2) is 66.3 Å². The van der Waals surface area contributed by atoms with Crippen molar-refractivity contribution >= 4 is 5.91 Å². The van der Waals surface area contributed by atoms with Gasteiger partial charge in [0.25, 0.3) is 5.91 Å². The Morgan fingerprint density at radius 1 is 1.08 bits per heavy atom. The van der Waals surface area contributed by atoms with Gasteiger partial charge in [0.2, 0.25) is 0 Å². The fraction of sp³-hybridized carbons (Fsp3) is 0.483. The maximum atomic E-state index is 13.4. The van der Waals surface area contributed by atoms with Crippen LogP contribution in [0.4, 0.5) is 0 Å². The summed E-state index contributed by atoms with van der Waals surface area (Å²) in [7, 11) is 3.85. The summed E-state index contributed by atoms with van der Waals surface area (Å²) < 4.78 is 16.6. The highest BCUT2D eigenvalue weighted by Crippen LogP contribution is 2.46. The first kappa shape index (κ1) is 27.4. The summed E-state index contributed by atoms with van der Waals surface area (Å²) in [5.41, 5.74) is 3.79. The number of likely N-dealkylation sites (N-methyl/N-ethyl adjacent to an activating group) is 1. The van der Waals surface area contributed by atoms with E-state index in [1.165, 1.54) is 5.70 Å². The molecular weight excluding hydrogens is 454 g/mol. The lowest BCUT2D eigenvalue weighted by atomic mass is 9.78. The Bertz CT molecular complexity index is 1030. The summed E-state index contributed by atoms with van der Waals surface area (Å²) in [4.78, 5) is 19.8. The van der Waals surface area contributed by atoms with E-state index >= 15 is 0 Å². The summed E-state index contributed by atoms with van der Waals surface area (Å²) in [6, 6.07) is 5.45. The molecule has 0 aliphatic carbocycles. The zero-order valence-corrected chi connectivity index (χ0v) is 22.7. The van der Waals surface area contributed by atoms with Crippen LogP contribution in [0.2, 0.25) is 0 Å². The number of piperazine rings is 1. The normalized spacial score (nSPS) is 22.1. The molecule has 0 N–H and O–H groups in total. The molecule has 7 heteroatoms. The van der Waals surface area contributed by atoms with Crippen LogP contribution in [-0.2, 0) is 4.74 Å². The van der Waals surface area contributed by atoms with E-state index in [4.69, 9.17) is 14.2 Å². The number of allylic oxidation sites excluding steroid dienone is 2. The highest BCUT2D eigenvalue weighted by Gasteiger charge is 2.48. The second-order valence-electron chi connectivity index (χ2n) is 8.69. The topological polar surface area (TPSA) is 54.5 Å². The molecule has 0 aromatic heterocycles. The minimum absolute atomic E-state index is 0.0252. The maximum Gasteiger partial charge on any atom is 0.253 e. The number of carbonyl (C=O) groups excluding carboxylic acids is 1. The molecule has 2 fully saturated rings. The van der Waals surface area contributed by atoms with Crippen LogP contribution in [0.25, 0.3) is 0 Å². The average Bonchev–Trinajstić information content (AvgIpc) is 2.94. The molecule has 0 bridgehead atoms. The van der Waals surface area contributed by atoms with Crippen molar-refractivity contribution in [2.24, 2.45) is 0 Å². The number of rotatable bonds is 4. The van der Waals surface area contributed by atoms with Crippen molar-refractivity contribution in [1.29, 1.82) is 0 Å². The summed E-state index contributed by atoms with van der Waals surface area (Å²) in [6.45, 7) is 15.1. The Balaban J connectivity index is 0.00000176. The molecule has 0 atom stereocenters. The second kappa shape index (κ2) is 12.2. The van der Waals surface area contributed by atoms with Gasteiger partial charge in [-0.3, -0.25) is 4.79 Å². The molecule has 0 unspecified atom stereocenters. The van der Waals surface area contributed by atoms with Crippen molar-refractivity contribution in [1.82, 2.24) is 14.7 Å². The van der Waals surface area contributed by atoms with Crippen LogP contribution in [-0.4, -0.2) is 73.2 Å². The number of benzene rings is 1. The molecule has 1 amide bonds. The molecule has 196 valence electrons. The smallest absolute Gasteiger partial charge is 0.253 e. The quantitative estimate of drug-likeness (QED) is 0.573. The van der Waals surface area contributed by atoms with Crippen LogP contribution in [0, 0.1) is 0 Å². The van der Waals surface area contributed by atoms with E-state index in [1.54, 1.807) is 13.2 Å². The van der Waals surface area contributed by atoms with Gasteiger partial charge in [-0.25, -0.2) is 0 Å². The van der Waals surface area contributed by atoms with Gasteiger partial charge in [0, 0.05) is 44.7 Å². The van der Waals surface area contributed by atoms with Gasteiger partial charge in [0.15, 0.2) is 11.5 Å². The molecule has 1 aromatic rings. The van der Waals surface area contributed by atoms with E-state index in [-0.39, 0.29) is 11.4 Å². The number of carbonyl (C=O) groups is 1. The zero-order chi connectivity index (χ0) is 26.3. The molecular formula is C29H41N3O4. The van der Waals surface area contributed by atoms with E-state index in [1.807, 2.05) is 44.0 Å². The van der Waals surface area contributed by atoms with Gasteiger partial charge in [0.1, 0.15) is 13.2 Å². The number of fused-ring (bicyclic) bond motifs is 1. The Morgan fingerprint density at radius 2 is 1.75 bits per heavy atom. The van der Waals surface area contributed by atoms with E-state index in [9.17, 15) is 4.79 Å². The van der Waals surface area contributed by atoms with E-state index in [0.717, 1.165) is 24.2 Å². The summed E-state index contributed by atoms with van der Waals surface area (Å²) in [6.07, 6.45) is 9.90. The minimum atomic E-state index is -0.237. The number of hydrogen-bond acceptors (Lipinski definition) is 6. The molecule has 1 spiro atoms. The number of hydrogen-bond donors (Lipinski definition) is 0. The number of piperidine rings is 1. The number of likely N-dealkylation sites (tertiary alicyclic amines) is 1. The molecule has 2 saturated heterocycles. The van der Waals surface area contributed by atoms with Gasteiger partial charge in [-0.1, -0.05) is 32.6 Å². The van der Waals surface area contributed by atoms with E-state index < -0.39 is 0 Å². The third kappa shape index (κ3) is 4.89. The van der Waals surface area contributed by atoms with E-state index in [2.05, 4.69) is 48.6 Å². The molecule has 0 radical (unpaired) electrons. The van der Waals surface area contributed by atoms with Crippen molar-refractivity contribution in [3.63, 3.8) is 0 Å². The molecule has 0 saturated carbocycles. The second-order valence-corrected chi connectivity index (χ2v) is 8.69. The lowest BCUT2D eigenvalue weighted by molar-refractivity contribution is 0.0444. The first-order chi connectivity index (χ1) is 17.5. The highest BCUT2D eigenvalue weighted by molar-refractivity contribution is 5.95. The van der Waals surface area contributed by atoms with Gasteiger partial charge in [0.05, 0.1) is 23.5 Å². The number of ether oxygens (including phenoxy) is 3. The zero-order valence-electron chi connectivity index (χ0n) is 22.7. The van der Waals surface area contributed by atoms with Gasteiger partial charge < -0.3 is 28.9 Å². The first-order valence-corrected chi connectivity index (χ1v) is 12.9. The molecule has 36 heavy (non-hydrogen) atoms. The Labute approximate surface area is 216 Å². The molecule has 7 nitrogen and oxygen atoms in total. The minimum Gasteiger partial charge on any atom is -0.486 e. The summed E-state index contributed by atoms with van der Waals surface area (Å²) in [5.74, 6) is 1.36. The summed E-state index contributed by atoms with van der Waals surface area (Å²) >= 11 is 0. The number of nitrogens with zero attached hydrogens (tertiary/aromatic N) is 3. The largest absolute Gasteiger partial charge is 0.486 e. The van der Waals surface area contributed by atoms with Gasteiger partial charge in [-0.15, -0.1) is 0 Å². The Hall–Kier alpha value is -3.19. The predicted octanol–water partition coefficient (Wildman–Crippen LogP) is 5.19. The maximum absolute atomic E-state index is 13.4. The first-order valence-electron chi connectivity index (χ1n) is 12.9. The lowest BCUT2D eigenvalue weighted by Gasteiger charge is -2.57. The van der Waals surface area contributed by atoms with Crippen LogP contribution in [0.3, 0.4) is 0 Å². The van der Waals surface area contributed by atoms with Crippen LogP contribution in [0.1, 0.15) is 50.9 Å². The van der Waals surface area contributed by atoms with Gasteiger partial charge in [-0.2, -0.15) is 0 Å². The monoisotopic (exact) mass is 495 g/mol. The van der Waals surface area contributed by atoms with Crippen molar-refractivity contribution in [2.75, 3.05) is 47.1 Å². The Morgan fingerprint density at radius 3 is 2.33 bits per heavy atom. The van der Waals surface area contributed by atoms with Gasteiger partial charge >= 0.3 is 0 Å². The van der Waals surface area contributed by atoms with Crippen molar-refractivity contribution in [2.45, 2.75) is 46.1 Å². The molecule has 3 heterocycles.